The predicted molar refractivity (Wildman–Crippen MR) is 105 cm³/mol. The van der Waals surface area contributed by atoms with E-state index in [0.717, 1.165) is 17.1 Å². The molecule has 11 heteroatoms. The third-order valence-electron chi connectivity index (χ3n) is 4.14. The maximum atomic E-state index is 12.2. The lowest BCUT2D eigenvalue weighted by molar-refractivity contribution is -0.121. The van der Waals surface area contributed by atoms with Crippen molar-refractivity contribution >= 4 is 37.7 Å². The molecule has 2 aromatic heterocycles. The second-order valence-electron chi connectivity index (χ2n) is 6.18. The van der Waals surface area contributed by atoms with Gasteiger partial charge >= 0.3 is 0 Å². The summed E-state index contributed by atoms with van der Waals surface area (Å²) >= 11 is 1.11. The van der Waals surface area contributed by atoms with Gasteiger partial charge in [0.1, 0.15) is 10.2 Å². The molecule has 0 spiro atoms. The number of nitrogens with zero attached hydrogens (tertiary/aromatic N) is 3. The Morgan fingerprint density at radius 3 is 2.71 bits per heavy atom. The van der Waals surface area contributed by atoms with Crippen molar-refractivity contribution in [2.45, 2.75) is 30.7 Å². The van der Waals surface area contributed by atoms with E-state index in [-0.39, 0.29) is 16.4 Å². The number of carbonyl (C=O) groups excluding carboxylic acids is 1. The van der Waals surface area contributed by atoms with Crippen molar-refractivity contribution in [1.29, 1.82) is 0 Å². The van der Waals surface area contributed by atoms with Gasteiger partial charge in [-0.3, -0.25) is 14.2 Å². The number of primary sulfonamides is 1. The van der Waals surface area contributed by atoms with Crippen LogP contribution in [0.2, 0.25) is 0 Å². The van der Waals surface area contributed by atoms with E-state index in [1.54, 1.807) is 18.3 Å². The van der Waals surface area contributed by atoms with Crippen molar-refractivity contribution in [2.75, 3.05) is 6.54 Å². The quantitative estimate of drug-likeness (QED) is 0.547. The molecule has 1 amide bonds. The fourth-order valence-corrected chi connectivity index (χ4v) is 3.82. The highest BCUT2D eigenvalue weighted by molar-refractivity contribution is 7.89. The second kappa shape index (κ2) is 8.59. The number of hydrogen-bond donors (Lipinski definition) is 2. The van der Waals surface area contributed by atoms with E-state index in [1.165, 1.54) is 23.0 Å². The van der Waals surface area contributed by atoms with E-state index >= 15 is 0 Å². The molecule has 3 N–H and O–H groups in total. The zero-order valence-corrected chi connectivity index (χ0v) is 16.5. The summed E-state index contributed by atoms with van der Waals surface area (Å²) in [6, 6.07) is 6.28. The Morgan fingerprint density at radius 1 is 1.25 bits per heavy atom. The van der Waals surface area contributed by atoms with Gasteiger partial charge in [-0.05, 0) is 42.1 Å². The molecule has 3 rings (SSSR count). The first-order chi connectivity index (χ1) is 13.3. The van der Waals surface area contributed by atoms with Crippen LogP contribution in [-0.2, 0) is 27.8 Å². The molecular weight excluding hydrogens is 402 g/mol. The SMILES string of the molecule is NS(=O)(=O)c1ccc(CCCC(=O)NCCn2cnc3cnsc3c2=O)cc1. The molecule has 0 saturated carbocycles. The Bertz CT molecular complexity index is 1140. The smallest absolute Gasteiger partial charge is 0.272 e. The van der Waals surface area contributed by atoms with Crippen LogP contribution < -0.4 is 16.0 Å². The van der Waals surface area contributed by atoms with Gasteiger partial charge in [0, 0.05) is 19.5 Å². The number of aryl methyl sites for hydroxylation is 1. The number of benzene rings is 1. The average Bonchev–Trinajstić information content (AvgIpc) is 3.13. The topological polar surface area (TPSA) is 137 Å². The van der Waals surface area contributed by atoms with Crippen LogP contribution in [-0.4, -0.2) is 34.8 Å². The Morgan fingerprint density at radius 2 is 2.00 bits per heavy atom. The number of nitrogens with one attached hydrogen (secondary N) is 1. The highest BCUT2D eigenvalue weighted by atomic mass is 32.2. The highest BCUT2D eigenvalue weighted by Crippen LogP contribution is 2.11. The molecule has 28 heavy (non-hydrogen) atoms. The number of carbonyl (C=O) groups is 1. The highest BCUT2D eigenvalue weighted by Gasteiger charge is 2.08. The average molecular weight is 422 g/mol. The molecule has 0 aliphatic rings. The molecule has 148 valence electrons. The number of aromatic nitrogens is 3. The van der Waals surface area contributed by atoms with Crippen LogP contribution in [0.4, 0.5) is 0 Å². The van der Waals surface area contributed by atoms with Crippen LogP contribution in [0.15, 0.2) is 46.5 Å². The summed E-state index contributed by atoms with van der Waals surface area (Å²) in [5, 5.41) is 7.84. The molecular formula is C17H19N5O4S2. The fourth-order valence-electron chi connectivity index (χ4n) is 2.65. The maximum Gasteiger partial charge on any atom is 0.272 e. The third-order valence-corrected chi connectivity index (χ3v) is 5.85. The van der Waals surface area contributed by atoms with Gasteiger partial charge in [-0.25, -0.2) is 18.5 Å². The van der Waals surface area contributed by atoms with Crippen LogP contribution >= 0.6 is 11.5 Å². The van der Waals surface area contributed by atoms with Gasteiger partial charge in [-0.2, -0.15) is 4.37 Å². The number of fused-ring (bicyclic) bond motifs is 1. The van der Waals surface area contributed by atoms with Gasteiger partial charge in [0.15, 0.2) is 0 Å². The molecule has 0 radical (unpaired) electrons. The van der Waals surface area contributed by atoms with E-state index in [1.807, 2.05) is 0 Å². The van der Waals surface area contributed by atoms with E-state index in [0.29, 0.717) is 42.6 Å². The van der Waals surface area contributed by atoms with Gasteiger partial charge in [0.2, 0.25) is 15.9 Å². The molecule has 0 aliphatic carbocycles. The van der Waals surface area contributed by atoms with Crippen molar-refractivity contribution in [2.24, 2.45) is 5.14 Å². The zero-order chi connectivity index (χ0) is 20.1. The van der Waals surface area contributed by atoms with Crippen molar-refractivity contribution in [3.05, 3.63) is 52.7 Å². The minimum Gasteiger partial charge on any atom is -0.354 e. The second-order valence-corrected chi connectivity index (χ2v) is 8.54. The largest absolute Gasteiger partial charge is 0.354 e. The molecule has 0 fully saturated rings. The first-order valence-electron chi connectivity index (χ1n) is 8.53. The Labute approximate surface area is 165 Å². The summed E-state index contributed by atoms with van der Waals surface area (Å²) in [6.07, 6.45) is 4.60. The molecule has 0 unspecified atom stereocenters. The molecule has 3 aromatic rings. The van der Waals surface area contributed by atoms with Crippen LogP contribution in [0, 0.1) is 0 Å². The molecule has 0 bridgehead atoms. The number of hydrogen-bond acceptors (Lipinski definition) is 7. The standard InChI is InChI=1S/C17H19N5O4S2/c18-28(25,26)13-6-4-12(5-7-13)2-1-3-15(23)19-8-9-22-11-20-14-10-21-27-16(14)17(22)24/h4-7,10-11H,1-3,8-9H2,(H,19,23)(H2,18,25,26). The summed E-state index contributed by atoms with van der Waals surface area (Å²) in [7, 11) is -3.69. The molecule has 9 nitrogen and oxygen atoms in total. The summed E-state index contributed by atoms with van der Waals surface area (Å²) < 4.78 is 28.3. The van der Waals surface area contributed by atoms with E-state index in [9.17, 15) is 18.0 Å². The van der Waals surface area contributed by atoms with E-state index < -0.39 is 10.0 Å². The van der Waals surface area contributed by atoms with Crippen molar-refractivity contribution in [3.63, 3.8) is 0 Å². The molecule has 0 aliphatic heterocycles. The fraction of sp³-hybridized carbons (Fsp3) is 0.294. The monoisotopic (exact) mass is 421 g/mol. The Balaban J connectivity index is 1.42. The van der Waals surface area contributed by atoms with Crippen LogP contribution in [0.5, 0.6) is 0 Å². The molecule has 0 atom stereocenters. The van der Waals surface area contributed by atoms with Gasteiger partial charge < -0.3 is 5.32 Å². The predicted octanol–water partition coefficient (Wildman–Crippen LogP) is 0.639. The maximum absolute atomic E-state index is 12.2. The third kappa shape index (κ3) is 5.00. The van der Waals surface area contributed by atoms with Crippen molar-refractivity contribution < 1.29 is 13.2 Å². The van der Waals surface area contributed by atoms with Gasteiger partial charge in [0.05, 0.1) is 17.4 Å². The first kappa shape index (κ1) is 20.1. The van der Waals surface area contributed by atoms with Crippen LogP contribution in [0.3, 0.4) is 0 Å². The number of nitrogens with two attached hydrogens (primary N) is 1. The van der Waals surface area contributed by atoms with Gasteiger partial charge in [-0.15, -0.1) is 0 Å². The number of amides is 1. The van der Waals surface area contributed by atoms with Crippen molar-refractivity contribution in [1.82, 2.24) is 19.2 Å². The lowest BCUT2D eigenvalue weighted by Crippen LogP contribution is -2.30. The summed E-state index contributed by atoms with van der Waals surface area (Å²) in [5.41, 5.74) is 1.34. The minimum atomic E-state index is -3.69. The van der Waals surface area contributed by atoms with Crippen LogP contribution in [0.25, 0.3) is 10.2 Å². The minimum absolute atomic E-state index is 0.0650. The lowest BCUT2D eigenvalue weighted by Gasteiger charge is -2.07. The van der Waals surface area contributed by atoms with Gasteiger partial charge in [-0.1, -0.05) is 12.1 Å². The van der Waals surface area contributed by atoms with Crippen molar-refractivity contribution in [3.8, 4) is 0 Å². The zero-order valence-electron chi connectivity index (χ0n) is 14.9. The first-order valence-corrected chi connectivity index (χ1v) is 10.8. The van der Waals surface area contributed by atoms with Gasteiger partial charge in [0.25, 0.3) is 5.56 Å². The molecule has 0 saturated heterocycles. The van der Waals surface area contributed by atoms with E-state index in [2.05, 4.69) is 14.7 Å². The number of rotatable bonds is 8. The summed E-state index contributed by atoms with van der Waals surface area (Å²) in [6.45, 7) is 0.661. The normalized spacial score (nSPS) is 11.6. The molecule has 2 heterocycles. The number of sulfonamides is 1. The van der Waals surface area contributed by atoms with Crippen LogP contribution in [0.1, 0.15) is 18.4 Å². The molecule has 1 aromatic carbocycles. The Kier molecular flexibility index (Phi) is 6.17. The lowest BCUT2D eigenvalue weighted by atomic mass is 10.1. The summed E-state index contributed by atoms with van der Waals surface area (Å²) in [5.74, 6) is -0.110. The Hall–Kier alpha value is -2.63. The van der Waals surface area contributed by atoms with E-state index in [4.69, 9.17) is 5.14 Å². The summed E-state index contributed by atoms with van der Waals surface area (Å²) in [4.78, 5) is 28.4.